The molecule has 1 unspecified atom stereocenters. The van der Waals surface area contributed by atoms with Crippen LogP contribution in [0.3, 0.4) is 0 Å². The van der Waals surface area contributed by atoms with Gasteiger partial charge in [-0.05, 0) is 25.5 Å². The first kappa shape index (κ1) is 12.0. The molecule has 0 saturated heterocycles. The zero-order valence-corrected chi connectivity index (χ0v) is 9.79. The van der Waals surface area contributed by atoms with E-state index in [4.69, 9.17) is 0 Å². The molecule has 0 amide bonds. The molecule has 15 heavy (non-hydrogen) atoms. The molecule has 1 atom stereocenters. The number of benzene rings is 1. The maximum absolute atomic E-state index is 3.87. The number of likely N-dealkylation sites (N-methyl/N-ethyl adjacent to an activating group) is 1. The van der Waals surface area contributed by atoms with Crippen molar-refractivity contribution in [3.05, 3.63) is 48.6 Å². The Hall–Kier alpha value is -1.08. The van der Waals surface area contributed by atoms with Gasteiger partial charge in [0.1, 0.15) is 0 Å². The summed E-state index contributed by atoms with van der Waals surface area (Å²) in [4.78, 5) is 0. The van der Waals surface area contributed by atoms with Gasteiger partial charge in [-0.15, -0.1) is 6.58 Å². The summed E-state index contributed by atoms with van der Waals surface area (Å²) in [7, 11) is 2.01. The number of hydrogen-bond acceptors (Lipinski definition) is 1. The van der Waals surface area contributed by atoms with Crippen molar-refractivity contribution in [1.29, 1.82) is 0 Å². The third-order valence-electron chi connectivity index (χ3n) is 3.11. The van der Waals surface area contributed by atoms with Gasteiger partial charge in [0.25, 0.3) is 0 Å². The van der Waals surface area contributed by atoms with Gasteiger partial charge in [0.05, 0.1) is 0 Å². The van der Waals surface area contributed by atoms with E-state index >= 15 is 0 Å². The molecule has 0 saturated carbocycles. The summed E-state index contributed by atoms with van der Waals surface area (Å²) < 4.78 is 0. The average molecular weight is 203 g/mol. The van der Waals surface area contributed by atoms with Crippen LogP contribution in [0.15, 0.2) is 43.0 Å². The van der Waals surface area contributed by atoms with Crippen molar-refractivity contribution < 1.29 is 0 Å². The third kappa shape index (κ3) is 2.69. The van der Waals surface area contributed by atoms with Gasteiger partial charge < -0.3 is 5.32 Å². The number of rotatable bonds is 6. The molecule has 1 heteroatoms. The van der Waals surface area contributed by atoms with Gasteiger partial charge >= 0.3 is 0 Å². The molecule has 1 aromatic carbocycles. The maximum Gasteiger partial charge on any atom is 0.0109 e. The Morgan fingerprint density at radius 2 is 2.00 bits per heavy atom. The molecular formula is C14H21N. The minimum Gasteiger partial charge on any atom is -0.319 e. The lowest BCUT2D eigenvalue weighted by Crippen LogP contribution is -2.35. The van der Waals surface area contributed by atoms with Crippen molar-refractivity contribution >= 4 is 0 Å². The van der Waals surface area contributed by atoms with Crippen molar-refractivity contribution in [3.8, 4) is 0 Å². The van der Waals surface area contributed by atoms with Gasteiger partial charge in [-0.25, -0.2) is 0 Å². The minimum absolute atomic E-state index is 0.206. The fourth-order valence-corrected chi connectivity index (χ4v) is 2.17. The van der Waals surface area contributed by atoms with E-state index in [1.54, 1.807) is 0 Å². The molecule has 0 fully saturated rings. The van der Waals surface area contributed by atoms with Crippen LogP contribution in [0.1, 0.15) is 25.3 Å². The highest BCUT2D eigenvalue weighted by Crippen LogP contribution is 2.31. The molecule has 0 radical (unpaired) electrons. The molecule has 1 rings (SSSR count). The summed E-state index contributed by atoms with van der Waals surface area (Å²) in [5.41, 5.74) is 1.61. The zero-order valence-electron chi connectivity index (χ0n) is 9.79. The predicted octanol–water partition coefficient (Wildman–Crippen LogP) is 3.13. The molecule has 0 spiro atoms. The van der Waals surface area contributed by atoms with Crippen molar-refractivity contribution in [3.63, 3.8) is 0 Å². The number of nitrogens with one attached hydrogen (secondary N) is 1. The van der Waals surface area contributed by atoms with E-state index in [1.807, 2.05) is 13.1 Å². The molecule has 0 aliphatic rings. The monoisotopic (exact) mass is 203 g/mol. The second kappa shape index (κ2) is 5.72. The molecular weight excluding hydrogens is 182 g/mol. The number of hydrogen-bond donors (Lipinski definition) is 1. The van der Waals surface area contributed by atoms with Crippen LogP contribution in [0, 0.1) is 0 Å². The van der Waals surface area contributed by atoms with Crippen LogP contribution in [-0.2, 0) is 5.41 Å². The van der Waals surface area contributed by atoms with Crippen LogP contribution in [0.25, 0.3) is 0 Å². The summed E-state index contributed by atoms with van der Waals surface area (Å²) in [6.45, 7) is 7.12. The van der Waals surface area contributed by atoms with Crippen LogP contribution in [0.4, 0.5) is 0 Å². The van der Waals surface area contributed by atoms with Crippen LogP contribution in [-0.4, -0.2) is 13.6 Å². The molecule has 1 aromatic rings. The topological polar surface area (TPSA) is 12.0 Å². The van der Waals surface area contributed by atoms with Crippen LogP contribution in [0.5, 0.6) is 0 Å². The smallest absolute Gasteiger partial charge is 0.0109 e. The zero-order chi connectivity index (χ0) is 11.1. The van der Waals surface area contributed by atoms with Gasteiger partial charge in [0, 0.05) is 12.0 Å². The van der Waals surface area contributed by atoms with Crippen molar-refractivity contribution in [1.82, 2.24) is 5.32 Å². The third-order valence-corrected chi connectivity index (χ3v) is 3.11. The maximum atomic E-state index is 3.87. The molecule has 0 aromatic heterocycles. The van der Waals surface area contributed by atoms with Gasteiger partial charge in [0.2, 0.25) is 0 Å². The summed E-state index contributed by atoms with van der Waals surface area (Å²) in [6, 6.07) is 10.7. The molecule has 1 N–H and O–H groups in total. The highest BCUT2D eigenvalue weighted by atomic mass is 14.8. The standard InChI is InChI=1S/C14H21N/c1-4-11-14(5-2,12-15-3)13-9-7-6-8-10-13/h4,6-10,15H,1,5,11-12H2,2-3H3. The average Bonchev–Trinajstić information content (AvgIpc) is 2.30. The first-order valence-electron chi connectivity index (χ1n) is 5.60. The lowest BCUT2D eigenvalue weighted by Gasteiger charge is -2.32. The van der Waals surface area contributed by atoms with E-state index in [-0.39, 0.29) is 5.41 Å². The lowest BCUT2D eigenvalue weighted by atomic mass is 9.75. The van der Waals surface area contributed by atoms with Crippen molar-refractivity contribution in [2.24, 2.45) is 0 Å². The molecule has 0 heterocycles. The lowest BCUT2D eigenvalue weighted by molar-refractivity contribution is 0.398. The Labute approximate surface area is 93.2 Å². The fourth-order valence-electron chi connectivity index (χ4n) is 2.17. The molecule has 0 bridgehead atoms. The summed E-state index contributed by atoms with van der Waals surface area (Å²) in [6.07, 6.45) is 4.17. The van der Waals surface area contributed by atoms with E-state index in [9.17, 15) is 0 Å². The molecule has 82 valence electrons. The van der Waals surface area contributed by atoms with E-state index in [0.29, 0.717) is 0 Å². The van der Waals surface area contributed by atoms with Gasteiger partial charge in [-0.1, -0.05) is 43.3 Å². The van der Waals surface area contributed by atoms with E-state index in [2.05, 4.69) is 49.2 Å². The van der Waals surface area contributed by atoms with Gasteiger partial charge in [-0.3, -0.25) is 0 Å². The van der Waals surface area contributed by atoms with E-state index in [1.165, 1.54) is 5.56 Å². The minimum atomic E-state index is 0.206. The molecule has 1 nitrogen and oxygen atoms in total. The number of allylic oxidation sites excluding steroid dienone is 1. The Morgan fingerprint density at radius 3 is 2.47 bits per heavy atom. The highest BCUT2D eigenvalue weighted by Gasteiger charge is 2.27. The van der Waals surface area contributed by atoms with Gasteiger partial charge in [0.15, 0.2) is 0 Å². The second-order valence-electron chi connectivity index (χ2n) is 4.02. The van der Waals surface area contributed by atoms with Crippen LogP contribution in [0.2, 0.25) is 0 Å². The summed E-state index contributed by atoms with van der Waals surface area (Å²) >= 11 is 0. The largest absolute Gasteiger partial charge is 0.319 e. The Kier molecular flexibility index (Phi) is 4.57. The van der Waals surface area contributed by atoms with E-state index < -0.39 is 0 Å². The first-order valence-corrected chi connectivity index (χ1v) is 5.60. The van der Waals surface area contributed by atoms with Gasteiger partial charge in [-0.2, -0.15) is 0 Å². The predicted molar refractivity (Wildman–Crippen MR) is 67.2 cm³/mol. The normalized spacial score (nSPS) is 14.5. The van der Waals surface area contributed by atoms with Crippen LogP contribution < -0.4 is 5.32 Å². The Balaban J connectivity index is 3.02. The molecule has 0 aliphatic heterocycles. The van der Waals surface area contributed by atoms with Crippen molar-refractivity contribution in [2.75, 3.05) is 13.6 Å². The Bertz CT molecular complexity index is 291. The van der Waals surface area contributed by atoms with Crippen molar-refractivity contribution in [2.45, 2.75) is 25.2 Å². The molecule has 0 aliphatic carbocycles. The summed E-state index contributed by atoms with van der Waals surface area (Å²) in [5, 5.41) is 3.30. The SMILES string of the molecule is C=CCC(CC)(CNC)c1ccccc1. The Morgan fingerprint density at radius 1 is 1.33 bits per heavy atom. The summed E-state index contributed by atoms with van der Waals surface area (Å²) in [5.74, 6) is 0. The van der Waals surface area contributed by atoms with E-state index in [0.717, 1.165) is 19.4 Å². The van der Waals surface area contributed by atoms with Crippen LogP contribution >= 0.6 is 0 Å². The second-order valence-corrected chi connectivity index (χ2v) is 4.02. The first-order chi connectivity index (χ1) is 7.29. The highest BCUT2D eigenvalue weighted by molar-refractivity contribution is 5.26. The quantitative estimate of drug-likeness (QED) is 0.700. The fraction of sp³-hybridized carbons (Fsp3) is 0.429.